The van der Waals surface area contributed by atoms with Crippen LogP contribution in [0, 0.1) is 6.92 Å². The number of carbonyl (C=O) groups is 1. The fourth-order valence-electron chi connectivity index (χ4n) is 0.965. The summed E-state index contributed by atoms with van der Waals surface area (Å²) < 4.78 is 0. The molecule has 1 aromatic rings. The van der Waals surface area contributed by atoms with E-state index >= 15 is 0 Å². The van der Waals surface area contributed by atoms with Crippen molar-refractivity contribution in [1.29, 1.82) is 0 Å². The Kier molecular flexibility index (Phi) is 2.66. The first-order valence-corrected chi connectivity index (χ1v) is 3.92. The molecule has 1 aromatic carbocycles. The molecule has 2 heteroatoms. The van der Waals surface area contributed by atoms with Crippen molar-refractivity contribution < 1.29 is 4.79 Å². The maximum absolute atomic E-state index is 10.4. The minimum Gasteiger partial charge on any atom is -0.298 e. The molecule has 0 heterocycles. The number of hydrogen-bond donors (Lipinski definition) is 0. The Morgan fingerprint density at radius 3 is 2.82 bits per heavy atom. The molecule has 0 aliphatic heterocycles. The smallest absolute Gasteiger partial charge is 0.150 e. The summed E-state index contributed by atoms with van der Waals surface area (Å²) in [5, 5.41) is 0. The second-order valence-electron chi connectivity index (χ2n) is 2.45. The van der Waals surface area contributed by atoms with Crippen LogP contribution >= 0.6 is 11.6 Å². The molecule has 0 aromatic heterocycles. The molecule has 0 saturated carbocycles. The Morgan fingerprint density at radius 1 is 1.55 bits per heavy atom. The number of halogens is 1. The highest BCUT2D eigenvalue weighted by molar-refractivity contribution is 6.17. The molecule has 0 saturated heterocycles. The van der Waals surface area contributed by atoms with Crippen LogP contribution in [0.5, 0.6) is 0 Å². The first kappa shape index (κ1) is 8.28. The SMILES string of the molecule is Cc1ccc(C=O)c(CCl)c1. The normalized spacial score (nSPS) is 9.64. The Labute approximate surface area is 71.0 Å². The van der Waals surface area contributed by atoms with E-state index in [2.05, 4.69) is 0 Å². The molecule has 0 unspecified atom stereocenters. The largest absolute Gasteiger partial charge is 0.298 e. The molecular formula is C9H9ClO. The van der Waals surface area contributed by atoms with Crippen molar-refractivity contribution in [2.45, 2.75) is 12.8 Å². The van der Waals surface area contributed by atoms with Gasteiger partial charge in [0.25, 0.3) is 0 Å². The number of aryl methyl sites for hydroxylation is 1. The van der Waals surface area contributed by atoms with Gasteiger partial charge in [-0.1, -0.05) is 23.8 Å². The fraction of sp³-hybridized carbons (Fsp3) is 0.222. The van der Waals surface area contributed by atoms with Gasteiger partial charge in [0.05, 0.1) is 0 Å². The van der Waals surface area contributed by atoms with Crippen LogP contribution in [-0.4, -0.2) is 6.29 Å². The standard InChI is InChI=1S/C9H9ClO/c1-7-2-3-8(6-11)9(4-7)5-10/h2-4,6H,5H2,1H3. The number of carbonyl (C=O) groups excluding carboxylic acids is 1. The van der Waals surface area contributed by atoms with E-state index in [0.29, 0.717) is 11.4 Å². The van der Waals surface area contributed by atoms with Crippen LogP contribution < -0.4 is 0 Å². The zero-order valence-corrected chi connectivity index (χ0v) is 7.06. The predicted molar refractivity (Wildman–Crippen MR) is 46.1 cm³/mol. The van der Waals surface area contributed by atoms with E-state index < -0.39 is 0 Å². The lowest BCUT2D eigenvalue weighted by molar-refractivity contribution is 0.112. The van der Waals surface area contributed by atoms with Gasteiger partial charge < -0.3 is 0 Å². The van der Waals surface area contributed by atoms with Crippen molar-refractivity contribution in [3.63, 3.8) is 0 Å². The third kappa shape index (κ3) is 1.81. The van der Waals surface area contributed by atoms with Crippen LogP contribution in [0.15, 0.2) is 18.2 Å². The van der Waals surface area contributed by atoms with Crippen molar-refractivity contribution in [3.05, 3.63) is 34.9 Å². The average molecular weight is 169 g/mol. The molecule has 0 N–H and O–H groups in total. The number of aldehydes is 1. The summed E-state index contributed by atoms with van der Waals surface area (Å²) in [5.74, 6) is 0.399. The van der Waals surface area contributed by atoms with Gasteiger partial charge >= 0.3 is 0 Å². The van der Waals surface area contributed by atoms with Gasteiger partial charge in [0.15, 0.2) is 0 Å². The van der Waals surface area contributed by atoms with Gasteiger partial charge in [-0.2, -0.15) is 0 Å². The maximum atomic E-state index is 10.4. The number of hydrogen-bond acceptors (Lipinski definition) is 1. The summed E-state index contributed by atoms with van der Waals surface area (Å²) in [4.78, 5) is 10.4. The van der Waals surface area contributed by atoms with Gasteiger partial charge in [-0.25, -0.2) is 0 Å². The van der Waals surface area contributed by atoms with Crippen LogP contribution in [0.4, 0.5) is 0 Å². The van der Waals surface area contributed by atoms with Crippen LogP contribution in [-0.2, 0) is 5.88 Å². The lowest BCUT2D eigenvalue weighted by Crippen LogP contribution is -1.89. The molecule has 0 atom stereocenters. The van der Waals surface area contributed by atoms with E-state index in [0.717, 1.165) is 17.4 Å². The van der Waals surface area contributed by atoms with Crippen LogP contribution in [0.1, 0.15) is 21.5 Å². The molecule has 0 radical (unpaired) electrons. The molecule has 0 bridgehead atoms. The second kappa shape index (κ2) is 3.54. The van der Waals surface area contributed by atoms with E-state index in [1.165, 1.54) is 0 Å². The Bertz CT molecular complexity index is 268. The van der Waals surface area contributed by atoms with Gasteiger partial charge in [0, 0.05) is 11.4 Å². The summed E-state index contributed by atoms with van der Waals surface area (Å²) in [7, 11) is 0. The van der Waals surface area contributed by atoms with E-state index in [9.17, 15) is 4.79 Å². The summed E-state index contributed by atoms with van der Waals surface area (Å²) in [6, 6.07) is 5.62. The monoisotopic (exact) mass is 168 g/mol. The number of alkyl halides is 1. The molecule has 0 aliphatic carbocycles. The van der Waals surface area contributed by atoms with Gasteiger partial charge in [0.2, 0.25) is 0 Å². The van der Waals surface area contributed by atoms with Crippen LogP contribution in [0.2, 0.25) is 0 Å². The predicted octanol–water partition coefficient (Wildman–Crippen LogP) is 2.55. The number of benzene rings is 1. The highest BCUT2D eigenvalue weighted by Crippen LogP contribution is 2.11. The first-order chi connectivity index (χ1) is 5.27. The fourth-order valence-corrected chi connectivity index (χ4v) is 1.20. The zero-order valence-electron chi connectivity index (χ0n) is 6.30. The highest BCUT2D eigenvalue weighted by atomic mass is 35.5. The van der Waals surface area contributed by atoms with Gasteiger partial charge in [0.1, 0.15) is 6.29 Å². The first-order valence-electron chi connectivity index (χ1n) is 3.38. The van der Waals surface area contributed by atoms with E-state index in [-0.39, 0.29) is 0 Å². The van der Waals surface area contributed by atoms with Crippen LogP contribution in [0.25, 0.3) is 0 Å². The van der Waals surface area contributed by atoms with Crippen molar-refractivity contribution in [1.82, 2.24) is 0 Å². The Hall–Kier alpha value is -0.820. The molecule has 1 nitrogen and oxygen atoms in total. The molecule has 58 valence electrons. The molecule has 11 heavy (non-hydrogen) atoms. The van der Waals surface area contributed by atoms with Crippen molar-refractivity contribution in [2.75, 3.05) is 0 Å². The van der Waals surface area contributed by atoms with Crippen molar-refractivity contribution >= 4 is 17.9 Å². The van der Waals surface area contributed by atoms with E-state index in [1.807, 2.05) is 19.1 Å². The highest BCUT2D eigenvalue weighted by Gasteiger charge is 1.98. The molecule has 0 fully saturated rings. The molecule has 0 aliphatic rings. The third-order valence-corrected chi connectivity index (χ3v) is 1.86. The zero-order chi connectivity index (χ0) is 8.27. The van der Waals surface area contributed by atoms with Gasteiger partial charge in [-0.05, 0) is 12.5 Å². The summed E-state index contributed by atoms with van der Waals surface area (Å²) in [5.41, 5.74) is 2.72. The Morgan fingerprint density at radius 2 is 2.27 bits per heavy atom. The summed E-state index contributed by atoms with van der Waals surface area (Å²) in [6.07, 6.45) is 0.831. The average Bonchev–Trinajstić information content (AvgIpc) is 2.04. The molecular weight excluding hydrogens is 160 g/mol. The van der Waals surface area contributed by atoms with E-state index in [1.54, 1.807) is 6.07 Å². The van der Waals surface area contributed by atoms with E-state index in [4.69, 9.17) is 11.6 Å². The topological polar surface area (TPSA) is 17.1 Å². The van der Waals surface area contributed by atoms with Crippen molar-refractivity contribution in [3.8, 4) is 0 Å². The van der Waals surface area contributed by atoms with Gasteiger partial charge in [-0.3, -0.25) is 4.79 Å². The second-order valence-corrected chi connectivity index (χ2v) is 2.72. The minimum atomic E-state index is 0.399. The third-order valence-electron chi connectivity index (χ3n) is 1.57. The molecule has 0 amide bonds. The molecule has 1 rings (SSSR count). The lowest BCUT2D eigenvalue weighted by atomic mass is 10.1. The summed E-state index contributed by atoms with van der Waals surface area (Å²) in [6.45, 7) is 1.98. The lowest BCUT2D eigenvalue weighted by Gasteiger charge is -2.00. The number of rotatable bonds is 2. The minimum absolute atomic E-state index is 0.399. The van der Waals surface area contributed by atoms with Crippen molar-refractivity contribution in [2.24, 2.45) is 0 Å². The Balaban J connectivity index is 3.16. The van der Waals surface area contributed by atoms with Crippen LogP contribution in [0.3, 0.4) is 0 Å². The quantitative estimate of drug-likeness (QED) is 0.490. The maximum Gasteiger partial charge on any atom is 0.150 e. The van der Waals surface area contributed by atoms with Gasteiger partial charge in [-0.15, -0.1) is 11.6 Å². The molecule has 0 spiro atoms. The summed E-state index contributed by atoms with van der Waals surface area (Å²) >= 11 is 5.62.